The van der Waals surface area contributed by atoms with E-state index in [0.717, 1.165) is 19.3 Å². The fraction of sp³-hybridized carbons (Fsp3) is 0.857. The quantitative estimate of drug-likeness (QED) is 0.694. The fourth-order valence-electron chi connectivity index (χ4n) is 2.80. The van der Waals surface area contributed by atoms with E-state index in [9.17, 15) is 9.59 Å². The molecule has 3 N–H and O–H groups in total. The first kappa shape index (κ1) is 15.8. The van der Waals surface area contributed by atoms with E-state index in [0.29, 0.717) is 12.3 Å². The van der Waals surface area contributed by atoms with Gasteiger partial charge in [0.1, 0.15) is 6.04 Å². The van der Waals surface area contributed by atoms with Gasteiger partial charge in [0.25, 0.3) is 0 Å². The van der Waals surface area contributed by atoms with Crippen LogP contribution in [0.2, 0.25) is 0 Å². The smallest absolute Gasteiger partial charge is 0.326 e. The van der Waals surface area contributed by atoms with Crippen LogP contribution >= 0.6 is 0 Å². The molecule has 2 atom stereocenters. The summed E-state index contributed by atoms with van der Waals surface area (Å²) in [5, 5.41) is 14.4. The summed E-state index contributed by atoms with van der Waals surface area (Å²) in [6.45, 7) is 3.81. The normalized spacial score (nSPS) is 19.5. The lowest BCUT2D eigenvalue weighted by atomic mass is 9.83. The molecule has 0 bridgehead atoms. The number of hydrogen-bond acceptors (Lipinski definition) is 2. The van der Waals surface area contributed by atoms with Crippen LogP contribution < -0.4 is 10.6 Å². The third-order valence-corrected chi connectivity index (χ3v) is 3.99. The van der Waals surface area contributed by atoms with Gasteiger partial charge in [0, 0.05) is 6.04 Å². The predicted octanol–water partition coefficient (Wildman–Crippen LogP) is 2.51. The molecule has 1 fully saturated rings. The van der Waals surface area contributed by atoms with Crippen LogP contribution in [0, 0.1) is 5.92 Å². The molecule has 5 heteroatoms. The Morgan fingerprint density at radius 2 is 1.74 bits per heavy atom. The number of carbonyl (C=O) groups excluding carboxylic acids is 1. The van der Waals surface area contributed by atoms with Gasteiger partial charge in [-0.1, -0.05) is 33.1 Å². The Balaban J connectivity index is 2.45. The molecule has 1 unspecified atom stereocenters. The highest BCUT2D eigenvalue weighted by Crippen LogP contribution is 2.27. The van der Waals surface area contributed by atoms with Crippen LogP contribution in [0.1, 0.15) is 58.8 Å². The maximum atomic E-state index is 11.8. The molecule has 0 aromatic heterocycles. The minimum Gasteiger partial charge on any atom is -0.480 e. The SMILES string of the molecule is CCC(NC(=O)N[C@H](CC)C(=O)O)C1CCCCC1. The molecule has 110 valence electrons. The van der Waals surface area contributed by atoms with Crippen LogP contribution in [0.5, 0.6) is 0 Å². The Kier molecular flexibility index (Phi) is 6.67. The number of rotatable bonds is 6. The number of hydrogen-bond donors (Lipinski definition) is 3. The van der Waals surface area contributed by atoms with E-state index in [-0.39, 0.29) is 12.1 Å². The van der Waals surface area contributed by atoms with Gasteiger partial charge in [-0.25, -0.2) is 9.59 Å². The average Bonchev–Trinajstić information content (AvgIpc) is 2.42. The Bertz CT molecular complexity index is 301. The van der Waals surface area contributed by atoms with Crippen LogP contribution in [0.15, 0.2) is 0 Å². The van der Waals surface area contributed by atoms with Crippen LogP contribution in [0.4, 0.5) is 4.79 Å². The van der Waals surface area contributed by atoms with Crippen LogP contribution in [0.25, 0.3) is 0 Å². The monoisotopic (exact) mass is 270 g/mol. The molecule has 1 saturated carbocycles. The predicted molar refractivity (Wildman–Crippen MR) is 74.0 cm³/mol. The lowest BCUT2D eigenvalue weighted by Gasteiger charge is -2.30. The van der Waals surface area contributed by atoms with Crippen molar-refractivity contribution in [1.82, 2.24) is 10.6 Å². The van der Waals surface area contributed by atoms with Gasteiger partial charge in [0.15, 0.2) is 0 Å². The molecule has 5 nitrogen and oxygen atoms in total. The number of carboxylic acids is 1. The Morgan fingerprint density at radius 3 is 2.21 bits per heavy atom. The van der Waals surface area contributed by atoms with Gasteiger partial charge in [0.2, 0.25) is 0 Å². The molecule has 1 aliphatic carbocycles. The minimum atomic E-state index is -0.983. The second kappa shape index (κ2) is 8.02. The standard InChI is InChI=1S/C14H26N2O3/c1-3-11(10-8-6-5-7-9-10)15-14(19)16-12(4-2)13(17)18/h10-12H,3-9H2,1-2H3,(H,17,18)(H2,15,16,19)/t11?,12-/m1/s1. The van der Waals surface area contributed by atoms with Crippen molar-refractivity contribution in [1.29, 1.82) is 0 Å². The number of carbonyl (C=O) groups is 2. The maximum Gasteiger partial charge on any atom is 0.326 e. The van der Waals surface area contributed by atoms with Gasteiger partial charge in [-0.3, -0.25) is 0 Å². The molecule has 0 aromatic carbocycles. The third-order valence-electron chi connectivity index (χ3n) is 3.99. The highest BCUT2D eigenvalue weighted by Gasteiger charge is 2.25. The molecular formula is C14H26N2O3. The molecule has 2 amide bonds. The average molecular weight is 270 g/mol. The zero-order valence-electron chi connectivity index (χ0n) is 11.9. The molecule has 19 heavy (non-hydrogen) atoms. The number of amides is 2. The summed E-state index contributed by atoms with van der Waals surface area (Å²) >= 11 is 0. The van der Waals surface area contributed by atoms with Gasteiger partial charge in [0.05, 0.1) is 0 Å². The first-order valence-electron chi connectivity index (χ1n) is 7.38. The molecule has 0 aliphatic heterocycles. The summed E-state index contributed by atoms with van der Waals surface area (Å²) in [5.74, 6) is -0.447. The van der Waals surface area contributed by atoms with Crippen molar-refractivity contribution in [3.05, 3.63) is 0 Å². The summed E-state index contributed by atoms with van der Waals surface area (Å²) in [6, 6.07) is -0.998. The van der Waals surface area contributed by atoms with Crippen molar-refractivity contribution >= 4 is 12.0 Å². The summed E-state index contributed by atoms with van der Waals surface area (Å²) in [4.78, 5) is 22.7. The minimum absolute atomic E-state index is 0.159. The van der Waals surface area contributed by atoms with Gasteiger partial charge < -0.3 is 15.7 Å². The molecular weight excluding hydrogens is 244 g/mol. The molecule has 0 radical (unpaired) electrons. The lowest BCUT2D eigenvalue weighted by molar-refractivity contribution is -0.139. The van der Waals surface area contributed by atoms with Crippen molar-refractivity contribution in [2.75, 3.05) is 0 Å². The Hall–Kier alpha value is -1.26. The number of carboxylic acid groups (broad SMARTS) is 1. The second-order valence-corrected chi connectivity index (χ2v) is 5.33. The fourth-order valence-corrected chi connectivity index (χ4v) is 2.80. The first-order chi connectivity index (χ1) is 9.08. The summed E-state index contributed by atoms with van der Waals surface area (Å²) < 4.78 is 0. The highest BCUT2D eigenvalue weighted by molar-refractivity contribution is 5.82. The molecule has 1 aliphatic rings. The number of urea groups is 1. The van der Waals surface area contributed by atoms with Crippen LogP contribution in [0.3, 0.4) is 0 Å². The van der Waals surface area contributed by atoms with E-state index in [1.165, 1.54) is 19.3 Å². The van der Waals surface area contributed by atoms with Crippen molar-refractivity contribution in [3.63, 3.8) is 0 Å². The van der Waals surface area contributed by atoms with E-state index in [4.69, 9.17) is 5.11 Å². The lowest BCUT2D eigenvalue weighted by Crippen LogP contribution is -2.50. The Morgan fingerprint density at radius 1 is 1.11 bits per heavy atom. The number of aliphatic carboxylic acids is 1. The zero-order chi connectivity index (χ0) is 14.3. The van der Waals surface area contributed by atoms with Gasteiger partial charge in [-0.2, -0.15) is 0 Å². The van der Waals surface area contributed by atoms with E-state index >= 15 is 0 Å². The topological polar surface area (TPSA) is 78.4 Å². The van der Waals surface area contributed by atoms with Crippen molar-refractivity contribution in [3.8, 4) is 0 Å². The van der Waals surface area contributed by atoms with E-state index < -0.39 is 12.0 Å². The molecule has 0 saturated heterocycles. The molecule has 1 rings (SSSR count). The summed E-state index contributed by atoms with van der Waals surface area (Å²) in [7, 11) is 0. The van der Waals surface area contributed by atoms with Gasteiger partial charge >= 0.3 is 12.0 Å². The van der Waals surface area contributed by atoms with Crippen molar-refractivity contribution < 1.29 is 14.7 Å². The van der Waals surface area contributed by atoms with E-state index in [1.807, 2.05) is 0 Å². The number of nitrogens with one attached hydrogen (secondary N) is 2. The molecule has 0 aromatic rings. The first-order valence-corrected chi connectivity index (χ1v) is 7.38. The summed E-state index contributed by atoms with van der Waals surface area (Å²) in [6.07, 6.45) is 7.36. The van der Waals surface area contributed by atoms with Crippen molar-refractivity contribution in [2.45, 2.75) is 70.9 Å². The van der Waals surface area contributed by atoms with Gasteiger partial charge in [-0.15, -0.1) is 0 Å². The largest absolute Gasteiger partial charge is 0.480 e. The third kappa shape index (κ3) is 5.09. The highest BCUT2D eigenvalue weighted by atomic mass is 16.4. The summed E-state index contributed by atoms with van der Waals surface area (Å²) in [5.41, 5.74) is 0. The molecule has 0 heterocycles. The van der Waals surface area contributed by atoms with E-state index in [1.54, 1.807) is 6.92 Å². The zero-order valence-corrected chi connectivity index (χ0v) is 11.9. The maximum absolute atomic E-state index is 11.8. The van der Waals surface area contributed by atoms with Crippen molar-refractivity contribution in [2.24, 2.45) is 5.92 Å². The van der Waals surface area contributed by atoms with Crippen LogP contribution in [-0.4, -0.2) is 29.2 Å². The van der Waals surface area contributed by atoms with E-state index in [2.05, 4.69) is 17.6 Å². The Labute approximate surface area is 115 Å². The molecule has 0 spiro atoms. The second-order valence-electron chi connectivity index (χ2n) is 5.33. The van der Waals surface area contributed by atoms with Gasteiger partial charge in [-0.05, 0) is 31.6 Å². The van der Waals surface area contributed by atoms with Crippen LogP contribution in [-0.2, 0) is 4.79 Å².